The first-order valence-corrected chi connectivity index (χ1v) is 9.73. The Balaban J connectivity index is 1.50. The monoisotopic (exact) mass is 425 g/mol. The van der Waals surface area contributed by atoms with Crippen LogP contribution in [-0.2, 0) is 9.59 Å². The molecule has 1 atom stereocenters. The number of carbonyl (C=O) groups excluding carboxylic acids is 2. The Bertz CT molecular complexity index is 863. The van der Waals surface area contributed by atoms with Crippen molar-refractivity contribution in [3.63, 3.8) is 0 Å². The van der Waals surface area contributed by atoms with Gasteiger partial charge in [0, 0.05) is 30.1 Å². The summed E-state index contributed by atoms with van der Waals surface area (Å²) in [5.41, 5.74) is 0. The van der Waals surface area contributed by atoms with Crippen LogP contribution in [-0.4, -0.2) is 41.1 Å². The summed E-state index contributed by atoms with van der Waals surface area (Å²) >= 11 is 12.0. The largest absolute Gasteiger partial charge is 0.479 e. The number of anilines is 1. The van der Waals surface area contributed by atoms with Crippen LogP contribution in [0.5, 0.6) is 5.75 Å². The lowest BCUT2D eigenvalue weighted by Crippen LogP contribution is -2.46. The topological polar surface area (TPSA) is 84.7 Å². The second kappa shape index (κ2) is 8.84. The first-order valence-electron chi connectivity index (χ1n) is 8.98. The van der Waals surface area contributed by atoms with Gasteiger partial charge >= 0.3 is 0 Å². The lowest BCUT2D eigenvalue weighted by atomic mass is 9.95. The molecule has 28 heavy (non-hydrogen) atoms. The number of halogens is 2. The Kier molecular flexibility index (Phi) is 6.46. The molecule has 0 spiro atoms. The smallest absolute Gasteiger partial charge is 0.263 e. The maximum Gasteiger partial charge on any atom is 0.263 e. The lowest BCUT2D eigenvalue weighted by Gasteiger charge is -2.32. The maximum atomic E-state index is 12.7. The van der Waals surface area contributed by atoms with Gasteiger partial charge in [0.2, 0.25) is 5.91 Å². The molecule has 2 amide bonds. The van der Waals surface area contributed by atoms with E-state index < -0.39 is 6.10 Å². The molecule has 2 aromatic rings. The van der Waals surface area contributed by atoms with Crippen molar-refractivity contribution in [3.05, 3.63) is 40.1 Å². The van der Waals surface area contributed by atoms with E-state index in [-0.39, 0.29) is 17.7 Å². The second-order valence-corrected chi connectivity index (χ2v) is 7.59. The molecule has 1 fully saturated rings. The van der Waals surface area contributed by atoms with Gasteiger partial charge in [-0.2, -0.15) is 0 Å². The summed E-state index contributed by atoms with van der Waals surface area (Å²) in [7, 11) is 0. The summed E-state index contributed by atoms with van der Waals surface area (Å²) in [5.74, 6) is 1.01. The number of ether oxygens (including phenoxy) is 1. The first-order chi connectivity index (χ1) is 13.3. The van der Waals surface area contributed by atoms with Crippen molar-refractivity contribution in [2.75, 3.05) is 18.4 Å². The number of benzene rings is 1. The van der Waals surface area contributed by atoms with Crippen LogP contribution in [0.1, 0.15) is 25.5 Å². The summed E-state index contributed by atoms with van der Waals surface area (Å²) in [5, 5.41) is 7.36. The van der Waals surface area contributed by atoms with Crippen molar-refractivity contribution in [2.45, 2.75) is 32.8 Å². The first kappa shape index (κ1) is 20.5. The molecule has 1 aromatic carbocycles. The third kappa shape index (κ3) is 4.97. The van der Waals surface area contributed by atoms with Crippen LogP contribution < -0.4 is 10.1 Å². The predicted molar refractivity (Wildman–Crippen MR) is 106 cm³/mol. The van der Waals surface area contributed by atoms with E-state index in [0.29, 0.717) is 53.3 Å². The van der Waals surface area contributed by atoms with Crippen molar-refractivity contribution in [1.82, 2.24) is 10.1 Å². The van der Waals surface area contributed by atoms with Gasteiger partial charge in [0.15, 0.2) is 11.9 Å². The second-order valence-electron chi connectivity index (χ2n) is 6.75. The molecular formula is C19H21Cl2N3O4. The fourth-order valence-electron chi connectivity index (χ4n) is 3.08. The fourth-order valence-corrected chi connectivity index (χ4v) is 3.54. The number of amides is 2. The molecule has 0 aliphatic carbocycles. The van der Waals surface area contributed by atoms with E-state index in [4.69, 9.17) is 32.5 Å². The Hall–Kier alpha value is -2.25. The third-order valence-electron chi connectivity index (χ3n) is 4.60. The SMILES string of the molecule is Cc1cc(NC(=O)C2CCN(C(=O)C(C)Oc3ccc(Cl)cc3Cl)CC2)no1. The van der Waals surface area contributed by atoms with E-state index in [0.717, 1.165) is 0 Å². The summed E-state index contributed by atoms with van der Waals surface area (Å²) < 4.78 is 10.6. The van der Waals surface area contributed by atoms with E-state index in [9.17, 15) is 9.59 Å². The van der Waals surface area contributed by atoms with Crippen molar-refractivity contribution in [2.24, 2.45) is 5.92 Å². The molecular weight excluding hydrogens is 405 g/mol. The minimum Gasteiger partial charge on any atom is -0.479 e. The van der Waals surface area contributed by atoms with Gasteiger partial charge < -0.3 is 19.5 Å². The lowest BCUT2D eigenvalue weighted by molar-refractivity contribution is -0.140. The van der Waals surface area contributed by atoms with E-state index in [2.05, 4.69) is 10.5 Å². The number of hydrogen-bond acceptors (Lipinski definition) is 5. The molecule has 1 aliphatic heterocycles. The summed E-state index contributed by atoms with van der Waals surface area (Å²) in [4.78, 5) is 26.7. The number of likely N-dealkylation sites (tertiary alicyclic amines) is 1. The number of aromatic nitrogens is 1. The minimum atomic E-state index is -0.692. The van der Waals surface area contributed by atoms with Crippen LogP contribution in [0.3, 0.4) is 0 Å². The van der Waals surface area contributed by atoms with Gasteiger partial charge in [0.05, 0.1) is 5.02 Å². The quantitative estimate of drug-likeness (QED) is 0.783. The zero-order chi connectivity index (χ0) is 20.3. The summed E-state index contributed by atoms with van der Waals surface area (Å²) in [6.07, 6.45) is 0.452. The molecule has 1 aromatic heterocycles. The fraction of sp³-hybridized carbons (Fsp3) is 0.421. The number of hydrogen-bond donors (Lipinski definition) is 1. The van der Waals surface area contributed by atoms with Crippen molar-refractivity contribution < 1.29 is 18.8 Å². The summed E-state index contributed by atoms with van der Waals surface area (Å²) in [6.45, 7) is 4.40. The standard InChI is InChI=1S/C19H21Cl2N3O4/c1-11-9-17(23-28-11)22-18(25)13-5-7-24(8-6-13)19(26)12(2)27-16-4-3-14(20)10-15(16)21/h3-4,9-10,12-13H,5-8H2,1-2H3,(H,22,23,25). The molecule has 150 valence electrons. The van der Waals surface area contributed by atoms with Gasteiger partial charge in [-0.05, 0) is 44.9 Å². The van der Waals surface area contributed by atoms with Crippen LogP contribution in [0.25, 0.3) is 0 Å². The number of nitrogens with one attached hydrogen (secondary N) is 1. The Morgan fingerprint density at radius 2 is 2.00 bits per heavy atom. The molecule has 1 aliphatic rings. The highest BCUT2D eigenvalue weighted by Crippen LogP contribution is 2.29. The van der Waals surface area contributed by atoms with Crippen molar-refractivity contribution in [1.29, 1.82) is 0 Å². The molecule has 9 heteroatoms. The molecule has 3 rings (SSSR count). The molecule has 0 bridgehead atoms. The molecule has 1 unspecified atom stereocenters. The number of piperidine rings is 1. The highest BCUT2D eigenvalue weighted by Gasteiger charge is 2.30. The van der Waals surface area contributed by atoms with E-state index >= 15 is 0 Å². The summed E-state index contributed by atoms with van der Waals surface area (Å²) in [6, 6.07) is 6.52. The predicted octanol–water partition coefficient (Wildman–Crippen LogP) is 3.93. The van der Waals surface area contributed by atoms with Gasteiger partial charge in [0.1, 0.15) is 11.5 Å². The van der Waals surface area contributed by atoms with Crippen LogP contribution in [0.15, 0.2) is 28.8 Å². The number of rotatable bonds is 5. The van der Waals surface area contributed by atoms with Crippen molar-refractivity contribution in [3.8, 4) is 5.75 Å². The number of carbonyl (C=O) groups is 2. The zero-order valence-corrected chi connectivity index (χ0v) is 17.1. The third-order valence-corrected chi connectivity index (χ3v) is 5.13. The minimum absolute atomic E-state index is 0.113. The van der Waals surface area contributed by atoms with Crippen LogP contribution in [0, 0.1) is 12.8 Å². The van der Waals surface area contributed by atoms with E-state index in [1.165, 1.54) is 0 Å². The highest BCUT2D eigenvalue weighted by molar-refractivity contribution is 6.35. The Morgan fingerprint density at radius 1 is 1.29 bits per heavy atom. The molecule has 1 saturated heterocycles. The van der Waals surface area contributed by atoms with Crippen molar-refractivity contribution >= 4 is 40.8 Å². The van der Waals surface area contributed by atoms with Gasteiger partial charge in [-0.1, -0.05) is 28.4 Å². The highest BCUT2D eigenvalue weighted by atomic mass is 35.5. The molecule has 1 N–H and O–H groups in total. The maximum absolute atomic E-state index is 12.7. The average Bonchev–Trinajstić information content (AvgIpc) is 3.08. The van der Waals surface area contributed by atoms with Gasteiger partial charge in [0.25, 0.3) is 5.91 Å². The average molecular weight is 426 g/mol. The van der Waals surface area contributed by atoms with E-state index in [1.54, 1.807) is 43.0 Å². The molecule has 2 heterocycles. The van der Waals surface area contributed by atoms with Crippen LogP contribution >= 0.6 is 23.2 Å². The van der Waals surface area contributed by atoms with Gasteiger partial charge in [-0.15, -0.1) is 0 Å². The normalized spacial score (nSPS) is 15.9. The Morgan fingerprint density at radius 3 is 2.61 bits per heavy atom. The number of aryl methyl sites for hydroxylation is 1. The molecule has 0 saturated carbocycles. The van der Waals surface area contributed by atoms with Crippen LogP contribution in [0.4, 0.5) is 5.82 Å². The van der Waals surface area contributed by atoms with Gasteiger partial charge in [-0.3, -0.25) is 9.59 Å². The van der Waals surface area contributed by atoms with Gasteiger partial charge in [-0.25, -0.2) is 0 Å². The Labute approximate surface area is 172 Å². The van der Waals surface area contributed by atoms with Crippen LogP contribution in [0.2, 0.25) is 10.0 Å². The molecule has 0 radical (unpaired) electrons. The van der Waals surface area contributed by atoms with E-state index in [1.807, 2.05) is 0 Å². The zero-order valence-electron chi connectivity index (χ0n) is 15.6. The molecule has 7 nitrogen and oxygen atoms in total. The number of nitrogens with zero attached hydrogens (tertiary/aromatic N) is 2.